The fourth-order valence-electron chi connectivity index (χ4n) is 2.24. The standard InChI is InChI=1S/C12H13Cl2NO3S/c1-8(10-4-2-3-5-11(10)13)15-7-9(6-12(15)16)19(14,17)18/h2-5,8-9H,6-7H2,1H3. The van der Waals surface area contributed by atoms with Crippen LogP contribution in [0.1, 0.15) is 24.9 Å². The largest absolute Gasteiger partial charge is 0.334 e. The maximum atomic E-state index is 11.9. The molecule has 1 aliphatic rings. The lowest BCUT2D eigenvalue weighted by Gasteiger charge is -2.25. The molecule has 1 aromatic carbocycles. The number of nitrogens with zero attached hydrogens (tertiary/aromatic N) is 1. The second-order valence-electron chi connectivity index (χ2n) is 4.55. The van der Waals surface area contributed by atoms with Gasteiger partial charge in [-0.2, -0.15) is 0 Å². The number of hydrogen-bond donors (Lipinski definition) is 0. The fraction of sp³-hybridized carbons (Fsp3) is 0.417. The first-order chi connectivity index (χ1) is 8.80. The van der Waals surface area contributed by atoms with Crippen LogP contribution in [0.15, 0.2) is 24.3 Å². The summed E-state index contributed by atoms with van der Waals surface area (Å²) in [6, 6.07) is 6.92. The van der Waals surface area contributed by atoms with Crippen molar-refractivity contribution in [1.82, 2.24) is 4.90 Å². The quantitative estimate of drug-likeness (QED) is 0.804. The average Bonchev–Trinajstić information content (AvgIpc) is 2.71. The van der Waals surface area contributed by atoms with Crippen LogP contribution in [0.4, 0.5) is 0 Å². The van der Waals surface area contributed by atoms with Crippen LogP contribution in [0.2, 0.25) is 5.02 Å². The van der Waals surface area contributed by atoms with Crippen LogP contribution in [-0.4, -0.2) is 31.0 Å². The molecule has 0 radical (unpaired) electrons. The Morgan fingerprint density at radius 1 is 1.37 bits per heavy atom. The highest BCUT2D eigenvalue weighted by Gasteiger charge is 2.39. The predicted octanol–water partition coefficient (Wildman–Crippen LogP) is 2.57. The number of hydrogen-bond acceptors (Lipinski definition) is 3. The molecule has 19 heavy (non-hydrogen) atoms. The van der Waals surface area contributed by atoms with Crippen molar-refractivity contribution in [2.24, 2.45) is 0 Å². The van der Waals surface area contributed by atoms with Gasteiger partial charge in [0.25, 0.3) is 0 Å². The molecule has 2 unspecified atom stereocenters. The van der Waals surface area contributed by atoms with Crippen molar-refractivity contribution < 1.29 is 13.2 Å². The van der Waals surface area contributed by atoms with Crippen molar-refractivity contribution in [3.05, 3.63) is 34.9 Å². The number of rotatable bonds is 3. The molecule has 1 aromatic rings. The van der Waals surface area contributed by atoms with Gasteiger partial charge in [0.05, 0.1) is 6.04 Å². The molecule has 0 saturated carbocycles. The zero-order valence-electron chi connectivity index (χ0n) is 10.2. The molecule has 1 amide bonds. The van der Waals surface area contributed by atoms with Gasteiger partial charge >= 0.3 is 0 Å². The van der Waals surface area contributed by atoms with Gasteiger partial charge in [-0.1, -0.05) is 29.8 Å². The molecule has 104 valence electrons. The summed E-state index contributed by atoms with van der Waals surface area (Å²) in [5, 5.41) is -0.286. The summed E-state index contributed by atoms with van der Waals surface area (Å²) in [4.78, 5) is 13.4. The molecule has 2 rings (SSSR count). The Morgan fingerprint density at radius 3 is 2.53 bits per heavy atom. The highest BCUT2D eigenvalue weighted by molar-refractivity contribution is 8.14. The third kappa shape index (κ3) is 3.04. The smallest absolute Gasteiger partial charge is 0.237 e. The van der Waals surface area contributed by atoms with Crippen molar-refractivity contribution in [2.45, 2.75) is 24.6 Å². The maximum Gasteiger partial charge on any atom is 0.237 e. The predicted molar refractivity (Wildman–Crippen MR) is 74.8 cm³/mol. The lowest BCUT2D eigenvalue weighted by atomic mass is 10.1. The molecule has 1 heterocycles. The van der Waals surface area contributed by atoms with E-state index in [4.69, 9.17) is 22.3 Å². The Kier molecular flexibility index (Phi) is 4.08. The van der Waals surface area contributed by atoms with Crippen molar-refractivity contribution in [3.8, 4) is 0 Å². The number of carbonyl (C=O) groups excluding carboxylic acids is 1. The van der Waals surface area contributed by atoms with Gasteiger partial charge in [0.2, 0.25) is 15.0 Å². The van der Waals surface area contributed by atoms with E-state index in [0.29, 0.717) is 5.02 Å². The van der Waals surface area contributed by atoms with Gasteiger partial charge in [-0.25, -0.2) is 8.42 Å². The van der Waals surface area contributed by atoms with Gasteiger partial charge in [0, 0.05) is 28.7 Å². The summed E-state index contributed by atoms with van der Waals surface area (Å²) < 4.78 is 22.6. The summed E-state index contributed by atoms with van der Waals surface area (Å²) in [5.41, 5.74) is 0.796. The van der Waals surface area contributed by atoms with Crippen molar-refractivity contribution in [1.29, 1.82) is 0 Å². The minimum atomic E-state index is -3.72. The number of benzene rings is 1. The van der Waals surface area contributed by atoms with Gasteiger partial charge in [-0.3, -0.25) is 4.79 Å². The SMILES string of the molecule is CC(c1ccccc1Cl)N1CC(S(=O)(=O)Cl)CC1=O. The summed E-state index contributed by atoms with van der Waals surface area (Å²) >= 11 is 6.09. The van der Waals surface area contributed by atoms with Gasteiger partial charge in [0.15, 0.2) is 0 Å². The van der Waals surface area contributed by atoms with E-state index in [9.17, 15) is 13.2 Å². The number of amides is 1. The third-order valence-electron chi connectivity index (χ3n) is 3.34. The van der Waals surface area contributed by atoms with Gasteiger partial charge in [-0.05, 0) is 18.6 Å². The van der Waals surface area contributed by atoms with Crippen molar-refractivity contribution in [3.63, 3.8) is 0 Å². The van der Waals surface area contributed by atoms with Gasteiger partial charge < -0.3 is 4.90 Å². The van der Waals surface area contributed by atoms with Gasteiger partial charge in [0.1, 0.15) is 5.25 Å². The molecule has 2 atom stereocenters. The van der Waals surface area contributed by atoms with Crippen LogP contribution in [0.5, 0.6) is 0 Å². The normalized spacial score (nSPS) is 21.7. The average molecular weight is 322 g/mol. The molecule has 7 heteroatoms. The van der Waals surface area contributed by atoms with Crippen molar-refractivity contribution >= 4 is 37.2 Å². The first-order valence-corrected chi connectivity index (χ1v) is 8.53. The molecular formula is C12H13Cl2NO3S. The van der Waals surface area contributed by atoms with E-state index in [1.54, 1.807) is 12.1 Å². The number of carbonyl (C=O) groups is 1. The van der Waals surface area contributed by atoms with Crippen LogP contribution in [-0.2, 0) is 13.8 Å². The summed E-state index contributed by atoms with van der Waals surface area (Å²) in [6.45, 7) is 1.93. The van der Waals surface area contributed by atoms with E-state index in [0.717, 1.165) is 5.56 Å². The molecule has 0 aliphatic carbocycles. The lowest BCUT2D eigenvalue weighted by Crippen LogP contribution is -2.30. The number of likely N-dealkylation sites (tertiary alicyclic amines) is 1. The topological polar surface area (TPSA) is 54.5 Å². The van der Waals surface area contributed by atoms with E-state index in [2.05, 4.69) is 0 Å². The first-order valence-electron chi connectivity index (χ1n) is 5.78. The van der Waals surface area contributed by atoms with Crippen LogP contribution < -0.4 is 0 Å². The molecule has 1 aliphatic heterocycles. The molecule has 0 N–H and O–H groups in total. The second kappa shape index (κ2) is 5.31. The first kappa shape index (κ1) is 14.6. The molecule has 1 fully saturated rings. The second-order valence-corrected chi connectivity index (χ2v) is 7.86. The molecule has 4 nitrogen and oxygen atoms in total. The number of halogens is 2. The van der Waals surface area contributed by atoms with E-state index >= 15 is 0 Å². The molecule has 0 aromatic heterocycles. The molecule has 1 saturated heterocycles. The molecule has 0 spiro atoms. The van der Waals surface area contributed by atoms with Gasteiger partial charge in [-0.15, -0.1) is 0 Å². The van der Waals surface area contributed by atoms with E-state index in [-0.39, 0.29) is 24.9 Å². The van der Waals surface area contributed by atoms with Crippen LogP contribution in [0.3, 0.4) is 0 Å². The van der Waals surface area contributed by atoms with Crippen LogP contribution in [0.25, 0.3) is 0 Å². The Hall–Kier alpha value is -0.780. The summed E-state index contributed by atoms with van der Waals surface area (Å²) in [6.07, 6.45) is -0.0688. The minimum absolute atomic E-state index is 0.0688. The summed E-state index contributed by atoms with van der Waals surface area (Å²) in [7, 11) is 1.60. The van der Waals surface area contributed by atoms with E-state index < -0.39 is 14.3 Å². The Balaban J connectivity index is 2.24. The van der Waals surface area contributed by atoms with E-state index in [1.807, 2.05) is 19.1 Å². The molecular weight excluding hydrogens is 309 g/mol. The van der Waals surface area contributed by atoms with Crippen molar-refractivity contribution in [2.75, 3.05) is 6.54 Å². The van der Waals surface area contributed by atoms with Crippen LogP contribution in [0, 0.1) is 0 Å². The monoisotopic (exact) mass is 321 g/mol. The third-order valence-corrected chi connectivity index (χ3v) is 5.56. The Bertz CT molecular complexity index is 603. The highest BCUT2D eigenvalue weighted by atomic mass is 35.7. The Morgan fingerprint density at radius 2 is 2.00 bits per heavy atom. The fourth-order valence-corrected chi connectivity index (χ4v) is 3.57. The molecule has 0 bridgehead atoms. The summed E-state index contributed by atoms with van der Waals surface area (Å²) in [5.74, 6) is -0.221. The Labute approximate surface area is 121 Å². The zero-order chi connectivity index (χ0) is 14.2. The van der Waals surface area contributed by atoms with E-state index in [1.165, 1.54) is 4.90 Å². The highest BCUT2D eigenvalue weighted by Crippen LogP contribution is 2.32. The lowest BCUT2D eigenvalue weighted by molar-refractivity contribution is -0.129. The van der Waals surface area contributed by atoms with Crippen LogP contribution >= 0.6 is 22.3 Å². The zero-order valence-corrected chi connectivity index (χ0v) is 12.5. The minimum Gasteiger partial charge on any atom is -0.334 e. The maximum absolute atomic E-state index is 11.9.